The quantitative estimate of drug-likeness (QED) is 0.695. The number of nitrogens with one attached hydrogen (secondary N) is 2. The molecule has 20 heavy (non-hydrogen) atoms. The first-order valence-electron chi connectivity index (χ1n) is 7.45. The van der Waals surface area contributed by atoms with E-state index in [9.17, 15) is 0 Å². The maximum Gasteiger partial charge on any atom is 0.155 e. The van der Waals surface area contributed by atoms with Crippen molar-refractivity contribution in [3.8, 4) is 0 Å². The van der Waals surface area contributed by atoms with Gasteiger partial charge in [-0.1, -0.05) is 11.6 Å². The average Bonchev–Trinajstić information content (AvgIpc) is 2.43. The molecule has 1 aliphatic rings. The zero-order chi connectivity index (χ0) is 14.4. The molecule has 4 N–H and O–H groups in total. The standard InChI is InChI=1S/C15H25N5/c1-11(2)20-15-13(16)14(18-10-19-15)17-9-8-12-6-4-3-5-7-12/h6,10-11H,3-5,7-9,16H2,1-2H3,(H2,17,18,19,20). The second-order valence-corrected chi connectivity index (χ2v) is 5.57. The molecule has 0 radical (unpaired) electrons. The van der Waals surface area contributed by atoms with Crippen molar-refractivity contribution in [2.75, 3.05) is 22.9 Å². The molecule has 2 rings (SSSR count). The summed E-state index contributed by atoms with van der Waals surface area (Å²) in [4.78, 5) is 8.40. The molecule has 1 aliphatic carbocycles. The van der Waals surface area contributed by atoms with Crippen molar-refractivity contribution in [1.29, 1.82) is 0 Å². The Bertz CT molecular complexity index is 467. The summed E-state index contributed by atoms with van der Waals surface area (Å²) in [5, 5.41) is 6.54. The highest BCUT2D eigenvalue weighted by molar-refractivity contribution is 5.74. The summed E-state index contributed by atoms with van der Waals surface area (Å²) in [5.74, 6) is 1.42. The first-order chi connectivity index (χ1) is 9.66. The van der Waals surface area contributed by atoms with E-state index in [4.69, 9.17) is 5.73 Å². The zero-order valence-corrected chi connectivity index (χ0v) is 12.4. The molecule has 0 fully saturated rings. The number of allylic oxidation sites excluding steroid dienone is 1. The van der Waals surface area contributed by atoms with Gasteiger partial charge in [-0.3, -0.25) is 0 Å². The van der Waals surface area contributed by atoms with E-state index in [1.54, 1.807) is 11.9 Å². The molecule has 0 bridgehead atoms. The van der Waals surface area contributed by atoms with E-state index >= 15 is 0 Å². The van der Waals surface area contributed by atoms with Crippen LogP contribution in [0.15, 0.2) is 18.0 Å². The van der Waals surface area contributed by atoms with Gasteiger partial charge < -0.3 is 16.4 Å². The Labute approximate surface area is 121 Å². The van der Waals surface area contributed by atoms with E-state index < -0.39 is 0 Å². The predicted octanol–water partition coefficient (Wildman–Crippen LogP) is 3.18. The van der Waals surface area contributed by atoms with Crippen LogP contribution in [0, 0.1) is 0 Å². The van der Waals surface area contributed by atoms with Gasteiger partial charge in [0, 0.05) is 12.6 Å². The third kappa shape index (κ3) is 4.11. The van der Waals surface area contributed by atoms with E-state index in [1.165, 1.54) is 25.7 Å². The van der Waals surface area contributed by atoms with Crippen LogP contribution in [0.1, 0.15) is 46.0 Å². The number of hydrogen-bond acceptors (Lipinski definition) is 5. The van der Waals surface area contributed by atoms with Crippen LogP contribution >= 0.6 is 0 Å². The van der Waals surface area contributed by atoms with Crippen LogP contribution in [0.3, 0.4) is 0 Å². The Hall–Kier alpha value is -1.78. The molecular formula is C15H25N5. The minimum atomic E-state index is 0.299. The molecule has 0 spiro atoms. The maximum atomic E-state index is 6.09. The summed E-state index contributed by atoms with van der Waals surface area (Å²) >= 11 is 0. The largest absolute Gasteiger partial charge is 0.393 e. The second kappa shape index (κ2) is 7.12. The molecule has 5 heteroatoms. The van der Waals surface area contributed by atoms with Crippen LogP contribution in [0.25, 0.3) is 0 Å². The van der Waals surface area contributed by atoms with E-state index in [-0.39, 0.29) is 0 Å². The molecule has 0 unspecified atom stereocenters. The van der Waals surface area contributed by atoms with Gasteiger partial charge in [-0.2, -0.15) is 0 Å². The molecule has 0 aromatic carbocycles. The molecule has 1 aromatic rings. The smallest absolute Gasteiger partial charge is 0.155 e. The van der Waals surface area contributed by atoms with Crippen molar-refractivity contribution in [2.24, 2.45) is 0 Å². The average molecular weight is 275 g/mol. The lowest BCUT2D eigenvalue weighted by Gasteiger charge is -2.16. The molecule has 1 aromatic heterocycles. The Kier molecular flexibility index (Phi) is 5.21. The molecule has 0 aliphatic heterocycles. The topological polar surface area (TPSA) is 75.9 Å². The Morgan fingerprint density at radius 2 is 2.05 bits per heavy atom. The van der Waals surface area contributed by atoms with Crippen molar-refractivity contribution in [3.63, 3.8) is 0 Å². The highest BCUT2D eigenvalue weighted by Crippen LogP contribution is 2.24. The van der Waals surface area contributed by atoms with Crippen molar-refractivity contribution in [3.05, 3.63) is 18.0 Å². The predicted molar refractivity (Wildman–Crippen MR) is 84.9 cm³/mol. The van der Waals surface area contributed by atoms with Gasteiger partial charge in [-0.15, -0.1) is 0 Å². The van der Waals surface area contributed by atoms with E-state index in [0.717, 1.165) is 18.8 Å². The zero-order valence-electron chi connectivity index (χ0n) is 12.4. The van der Waals surface area contributed by atoms with E-state index in [0.29, 0.717) is 17.5 Å². The fourth-order valence-corrected chi connectivity index (χ4v) is 2.40. The van der Waals surface area contributed by atoms with Gasteiger partial charge >= 0.3 is 0 Å². The normalized spacial score (nSPS) is 15.1. The monoisotopic (exact) mass is 275 g/mol. The summed E-state index contributed by atoms with van der Waals surface area (Å²) in [6.07, 6.45) is 10.1. The summed E-state index contributed by atoms with van der Waals surface area (Å²) in [7, 11) is 0. The molecule has 0 saturated carbocycles. The number of nitrogen functional groups attached to an aromatic ring is 1. The summed E-state index contributed by atoms with van der Waals surface area (Å²) < 4.78 is 0. The molecule has 5 nitrogen and oxygen atoms in total. The van der Waals surface area contributed by atoms with Crippen LogP contribution < -0.4 is 16.4 Å². The molecule has 0 saturated heterocycles. The third-order valence-corrected chi connectivity index (χ3v) is 3.43. The summed E-state index contributed by atoms with van der Waals surface area (Å²) in [5.41, 5.74) is 8.24. The van der Waals surface area contributed by atoms with Gasteiger partial charge in [-0.05, 0) is 46.0 Å². The molecule has 0 atom stereocenters. The van der Waals surface area contributed by atoms with Crippen LogP contribution in [0.2, 0.25) is 0 Å². The van der Waals surface area contributed by atoms with Gasteiger partial charge in [0.25, 0.3) is 0 Å². The Balaban J connectivity index is 1.90. The van der Waals surface area contributed by atoms with Gasteiger partial charge in [0.15, 0.2) is 11.6 Å². The van der Waals surface area contributed by atoms with E-state index in [1.807, 2.05) is 0 Å². The van der Waals surface area contributed by atoms with Crippen molar-refractivity contribution in [1.82, 2.24) is 9.97 Å². The van der Waals surface area contributed by atoms with Gasteiger partial charge in [0.05, 0.1) is 0 Å². The van der Waals surface area contributed by atoms with Crippen LogP contribution in [0.5, 0.6) is 0 Å². The van der Waals surface area contributed by atoms with Crippen LogP contribution in [-0.2, 0) is 0 Å². The fourth-order valence-electron chi connectivity index (χ4n) is 2.40. The molecule has 1 heterocycles. The minimum absolute atomic E-state index is 0.299. The summed E-state index contributed by atoms with van der Waals surface area (Å²) in [6.45, 7) is 4.99. The molecular weight excluding hydrogens is 250 g/mol. The van der Waals surface area contributed by atoms with Crippen molar-refractivity contribution in [2.45, 2.75) is 52.0 Å². The van der Waals surface area contributed by atoms with Crippen LogP contribution in [0.4, 0.5) is 17.3 Å². The van der Waals surface area contributed by atoms with Crippen LogP contribution in [-0.4, -0.2) is 22.6 Å². The second-order valence-electron chi connectivity index (χ2n) is 5.57. The Morgan fingerprint density at radius 3 is 2.75 bits per heavy atom. The number of aromatic nitrogens is 2. The number of hydrogen-bond donors (Lipinski definition) is 3. The number of rotatable bonds is 6. The molecule has 110 valence electrons. The minimum Gasteiger partial charge on any atom is -0.393 e. The SMILES string of the molecule is CC(C)Nc1ncnc(NCCC2=CCCCC2)c1N. The number of nitrogens with zero attached hydrogens (tertiary/aromatic N) is 2. The first-order valence-corrected chi connectivity index (χ1v) is 7.45. The lowest BCUT2D eigenvalue weighted by Crippen LogP contribution is -2.15. The Morgan fingerprint density at radius 1 is 1.25 bits per heavy atom. The van der Waals surface area contributed by atoms with Crippen molar-refractivity contribution >= 4 is 17.3 Å². The number of nitrogens with two attached hydrogens (primary N) is 1. The molecule has 0 amide bonds. The lowest BCUT2D eigenvalue weighted by molar-refractivity contribution is 0.679. The third-order valence-electron chi connectivity index (χ3n) is 3.43. The lowest BCUT2D eigenvalue weighted by atomic mass is 9.97. The van der Waals surface area contributed by atoms with E-state index in [2.05, 4.69) is 40.5 Å². The number of anilines is 3. The highest BCUT2D eigenvalue weighted by atomic mass is 15.1. The highest BCUT2D eigenvalue weighted by Gasteiger charge is 2.09. The van der Waals surface area contributed by atoms with Crippen molar-refractivity contribution < 1.29 is 0 Å². The van der Waals surface area contributed by atoms with Gasteiger partial charge in [-0.25, -0.2) is 9.97 Å². The maximum absolute atomic E-state index is 6.09. The fraction of sp³-hybridized carbons (Fsp3) is 0.600. The van der Waals surface area contributed by atoms with Gasteiger partial charge in [0.2, 0.25) is 0 Å². The first kappa shape index (κ1) is 14.6. The van der Waals surface area contributed by atoms with Gasteiger partial charge in [0.1, 0.15) is 12.0 Å². The summed E-state index contributed by atoms with van der Waals surface area (Å²) in [6, 6.07) is 0.299.